The number of unbranched alkanes of at least 4 members (excludes halogenated alkanes) is 1. The summed E-state index contributed by atoms with van der Waals surface area (Å²) < 4.78 is 9.79. The molecule has 4 heteroatoms. The van der Waals surface area contributed by atoms with Gasteiger partial charge >= 0.3 is 6.08 Å². The summed E-state index contributed by atoms with van der Waals surface area (Å²) in [7, 11) is 0. The van der Waals surface area contributed by atoms with Crippen LogP contribution in [0.4, 0.5) is 0 Å². The summed E-state index contributed by atoms with van der Waals surface area (Å²) in [6.07, 6.45) is 1.78. The third-order valence-corrected chi connectivity index (χ3v) is 1.07. The van der Waals surface area contributed by atoms with Crippen LogP contribution in [0.1, 0.15) is 26.7 Å². The van der Waals surface area contributed by atoms with Crippen molar-refractivity contribution in [3.05, 3.63) is 12.3 Å². The van der Waals surface area contributed by atoms with E-state index in [9.17, 15) is 0 Å². The lowest BCUT2D eigenvalue weighted by atomic mass is 10.4. The van der Waals surface area contributed by atoms with E-state index in [0.717, 1.165) is 12.8 Å². The number of ether oxygens (including phenoxy) is 2. The van der Waals surface area contributed by atoms with Gasteiger partial charge in [0, 0.05) is 0 Å². The lowest BCUT2D eigenvalue weighted by Gasteiger charge is -2.06. The Balaban J connectivity index is 3.62. The third-order valence-electron chi connectivity index (χ3n) is 1.07. The number of allylic oxidation sites excluding steroid dienone is 1. The normalized spacial score (nSPS) is 11.0. The van der Waals surface area contributed by atoms with Gasteiger partial charge in [0.05, 0.1) is 12.4 Å². The molecule has 0 aromatic heterocycles. The van der Waals surface area contributed by atoms with Crippen LogP contribution in [0.25, 0.3) is 0 Å². The molecule has 70 valence electrons. The third kappa shape index (κ3) is 5.58. The number of hydrogen-bond acceptors (Lipinski definition) is 4. The minimum Gasteiger partial charge on any atom is -0.448 e. The number of rotatable bonds is 4. The van der Waals surface area contributed by atoms with Crippen molar-refractivity contribution in [2.45, 2.75) is 26.7 Å². The van der Waals surface area contributed by atoms with Gasteiger partial charge in [-0.2, -0.15) is 0 Å². The zero-order chi connectivity index (χ0) is 9.40. The van der Waals surface area contributed by atoms with Crippen molar-refractivity contribution in [1.82, 2.24) is 0 Å². The van der Waals surface area contributed by atoms with Gasteiger partial charge in [0.1, 0.15) is 0 Å². The molecule has 0 saturated heterocycles. The fraction of sp³-hybridized carbons (Fsp3) is 0.625. The van der Waals surface area contributed by atoms with Crippen molar-refractivity contribution in [3.63, 3.8) is 0 Å². The van der Waals surface area contributed by atoms with Crippen molar-refractivity contribution in [2.24, 2.45) is 5.16 Å². The Bertz CT molecular complexity index is 166. The first-order chi connectivity index (χ1) is 5.70. The summed E-state index contributed by atoms with van der Waals surface area (Å²) >= 11 is 0. The van der Waals surface area contributed by atoms with E-state index in [0.29, 0.717) is 12.4 Å². The molecular formula is C8H15NO3. The molecule has 0 unspecified atom stereocenters. The van der Waals surface area contributed by atoms with Crippen molar-refractivity contribution in [1.29, 1.82) is 0 Å². The van der Waals surface area contributed by atoms with Gasteiger partial charge in [-0.05, 0) is 18.5 Å². The largest absolute Gasteiger partial charge is 0.448 e. The number of oxime groups is 1. The molecule has 4 nitrogen and oxygen atoms in total. The van der Waals surface area contributed by atoms with Crippen LogP contribution in [0.3, 0.4) is 0 Å². The van der Waals surface area contributed by atoms with Crippen LogP contribution in [0.2, 0.25) is 0 Å². The molecule has 0 heterocycles. The highest BCUT2D eigenvalue weighted by Crippen LogP contribution is 1.96. The van der Waals surface area contributed by atoms with Gasteiger partial charge in [0.2, 0.25) is 0 Å². The molecule has 0 aliphatic rings. The van der Waals surface area contributed by atoms with E-state index >= 15 is 0 Å². The molecule has 0 aromatic carbocycles. The second-order valence-corrected chi connectivity index (χ2v) is 2.37. The van der Waals surface area contributed by atoms with E-state index in [2.05, 4.69) is 11.7 Å². The fourth-order valence-electron chi connectivity index (χ4n) is 0.532. The predicted molar refractivity (Wildman–Crippen MR) is 46.0 cm³/mol. The topological polar surface area (TPSA) is 51.0 Å². The van der Waals surface area contributed by atoms with Crippen LogP contribution in [0, 0.1) is 0 Å². The van der Waals surface area contributed by atoms with Crippen LogP contribution in [-0.4, -0.2) is 17.9 Å². The van der Waals surface area contributed by atoms with E-state index < -0.39 is 0 Å². The van der Waals surface area contributed by atoms with E-state index in [1.54, 1.807) is 6.92 Å². The van der Waals surface area contributed by atoms with Gasteiger partial charge < -0.3 is 14.7 Å². The molecule has 0 amide bonds. The summed E-state index contributed by atoms with van der Waals surface area (Å²) in [6.45, 7) is 7.65. The molecule has 0 aliphatic heterocycles. The van der Waals surface area contributed by atoms with Crippen molar-refractivity contribution >= 4 is 6.08 Å². The van der Waals surface area contributed by atoms with Gasteiger partial charge in [0.15, 0.2) is 0 Å². The monoisotopic (exact) mass is 173 g/mol. The molecule has 0 aromatic rings. The van der Waals surface area contributed by atoms with Crippen LogP contribution >= 0.6 is 0 Å². The molecule has 0 aliphatic carbocycles. The van der Waals surface area contributed by atoms with Gasteiger partial charge in [-0.3, -0.25) is 0 Å². The summed E-state index contributed by atoms with van der Waals surface area (Å²) in [6, 6.07) is 0. The van der Waals surface area contributed by atoms with Crippen molar-refractivity contribution < 1.29 is 14.7 Å². The molecule has 1 N–H and O–H groups in total. The Hall–Kier alpha value is -1.19. The summed E-state index contributed by atoms with van der Waals surface area (Å²) in [5, 5.41) is 11.2. The summed E-state index contributed by atoms with van der Waals surface area (Å²) in [4.78, 5) is 0. The SMILES string of the molecule is C=C(C)OC(=NO)OCCCC. The number of nitrogens with zero attached hydrogens (tertiary/aromatic N) is 1. The molecule has 12 heavy (non-hydrogen) atoms. The smallest absolute Gasteiger partial charge is 0.427 e. The highest BCUT2D eigenvalue weighted by atomic mass is 16.7. The van der Waals surface area contributed by atoms with Gasteiger partial charge in [0.25, 0.3) is 0 Å². The lowest BCUT2D eigenvalue weighted by molar-refractivity contribution is 0.169. The predicted octanol–water partition coefficient (Wildman–Crippen LogP) is 2.10. The standard InChI is InChI=1S/C8H15NO3/c1-4-5-6-11-8(9-10)12-7(2)3/h10H,2,4-6H2,1,3H3. The van der Waals surface area contributed by atoms with Crippen molar-refractivity contribution in [3.8, 4) is 0 Å². The maximum absolute atomic E-state index is 8.37. The Morgan fingerprint density at radius 3 is 2.67 bits per heavy atom. The molecule has 0 radical (unpaired) electrons. The molecule has 0 spiro atoms. The minimum absolute atomic E-state index is 0.143. The van der Waals surface area contributed by atoms with Gasteiger partial charge in [-0.25, -0.2) is 0 Å². The average molecular weight is 173 g/mol. The quantitative estimate of drug-likeness (QED) is 0.177. The Kier molecular flexibility index (Phi) is 5.87. The Morgan fingerprint density at radius 2 is 2.25 bits per heavy atom. The first-order valence-corrected chi connectivity index (χ1v) is 3.89. The van der Waals surface area contributed by atoms with Crippen LogP contribution in [0.5, 0.6) is 0 Å². The van der Waals surface area contributed by atoms with E-state index in [-0.39, 0.29) is 6.08 Å². The zero-order valence-corrected chi connectivity index (χ0v) is 7.54. The fourth-order valence-corrected chi connectivity index (χ4v) is 0.532. The zero-order valence-electron chi connectivity index (χ0n) is 7.54. The molecule has 0 fully saturated rings. The molecule has 0 saturated carbocycles. The Morgan fingerprint density at radius 1 is 1.58 bits per heavy atom. The molecule has 0 atom stereocenters. The molecule has 0 bridgehead atoms. The maximum Gasteiger partial charge on any atom is 0.427 e. The first-order valence-electron chi connectivity index (χ1n) is 3.89. The van der Waals surface area contributed by atoms with Gasteiger partial charge in [-0.15, -0.1) is 0 Å². The minimum atomic E-state index is -0.143. The molecule has 0 rings (SSSR count). The van der Waals surface area contributed by atoms with Gasteiger partial charge in [-0.1, -0.05) is 19.9 Å². The van der Waals surface area contributed by atoms with Crippen LogP contribution < -0.4 is 0 Å². The molecular weight excluding hydrogens is 158 g/mol. The average Bonchev–Trinajstić information content (AvgIpc) is 2.02. The lowest BCUT2D eigenvalue weighted by Crippen LogP contribution is -2.09. The highest BCUT2D eigenvalue weighted by Gasteiger charge is 2.01. The summed E-state index contributed by atoms with van der Waals surface area (Å²) in [5.74, 6) is 0.430. The highest BCUT2D eigenvalue weighted by molar-refractivity contribution is 5.67. The van der Waals surface area contributed by atoms with E-state index in [1.165, 1.54) is 0 Å². The summed E-state index contributed by atoms with van der Waals surface area (Å²) in [5.41, 5.74) is 0. The number of hydrogen-bond donors (Lipinski definition) is 1. The maximum atomic E-state index is 8.37. The second kappa shape index (κ2) is 6.52. The first kappa shape index (κ1) is 10.8. The van der Waals surface area contributed by atoms with Crippen LogP contribution in [0.15, 0.2) is 17.5 Å². The van der Waals surface area contributed by atoms with E-state index in [1.807, 2.05) is 6.92 Å². The second-order valence-electron chi connectivity index (χ2n) is 2.37. The van der Waals surface area contributed by atoms with E-state index in [4.69, 9.17) is 14.7 Å². The van der Waals surface area contributed by atoms with Crippen molar-refractivity contribution in [2.75, 3.05) is 6.61 Å². The Labute approximate surface area is 72.5 Å². The van der Waals surface area contributed by atoms with Crippen LogP contribution in [-0.2, 0) is 9.47 Å².